The zero-order valence-electron chi connectivity index (χ0n) is 10.6. The Morgan fingerprint density at radius 1 is 1.56 bits per heavy atom. The number of halogens is 1. The third-order valence-corrected chi connectivity index (χ3v) is 2.75. The largest absolute Gasteiger partial charge is 0.396 e. The number of benzene rings is 1. The number of hydrogen-bond donors (Lipinski definition) is 2. The number of amides is 1. The Bertz CT molecular complexity index is 443. The Kier molecular flexibility index (Phi) is 5.89. The lowest BCUT2D eigenvalue weighted by atomic mass is 10.1. The Balaban J connectivity index is 2.63. The van der Waals surface area contributed by atoms with Crippen LogP contribution in [0.3, 0.4) is 0 Å². The molecule has 0 spiro atoms. The Hall–Kier alpha value is -1.32. The summed E-state index contributed by atoms with van der Waals surface area (Å²) < 4.78 is 0. The molecule has 0 aromatic heterocycles. The molecular weight excluding hydrogens is 250 g/mol. The smallest absolute Gasteiger partial charge is 0.246 e. The fourth-order valence-electron chi connectivity index (χ4n) is 1.38. The summed E-state index contributed by atoms with van der Waals surface area (Å²) in [6, 6.07) is 7.32. The Labute approximate surface area is 112 Å². The van der Waals surface area contributed by atoms with E-state index in [9.17, 15) is 4.79 Å². The molecule has 0 fully saturated rings. The molecule has 98 valence electrons. The molecule has 1 amide bonds. The van der Waals surface area contributed by atoms with Crippen LogP contribution < -0.4 is 5.32 Å². The highest BCUT2D eigenvalue weighted by Gasteiger charge is 2.06. The molecule has 0 saturated heterocycles. The molecule has 0 aliphatic carbocycles. The summed E-state index contributed by atoms with van der Waals surface area (Å²) in [6.45, 7) is 4.16. The monoisotopic (exact) mass is 267 g/mol. The van der Waals surface area contributed by atoms with Gasteiger partial charge in [-0.3, -0.25) is 4.79 Å². The summed E-state index contributed by atoms with van der Waals surface area (Å²) in [5, 5.41) is 12.3. The van der Waals surface area contributed by atoms with Crippen LogP contribution in [0.5, 0.6) is 0 Å². The van der Waals surface area contributed by atoms with E-state index in [4.69, 9.17) is 16.7 Å². The lowest BCUT2D eigenvalue weighted by Crippen LogP contribution is -2.29. The van der Waals surface area contributed by atoms with Crippen LogP contribution >= 0.6 is 11.6 Å². The molecule has 0 heterocycles. The fraction of sp³-hybridized carbons (Fsp3) is 0.357. The summed E-state index contributed by atoms with van der Waals surface area (Å²) in [4.78, 5) is 11.8. The normalized spacial score (nSPS) is 13.2. The molecule has 4 heteroatoms. The topological polar surface area (TPSA) is 49.3 Å². The highest BCUT2D eigenvalue weighted by Crippen LogP contribution is 2.13. The van der Waals surface area contributed by atoms with E-state index in [1.54, 1.807) is 25.1 Å². The van der Waals surface area contributed by atoms with Gasteiger partial charge in [-0.2, -0.15) is 0 Å². The number of aliphatic hydroxyl groups excluding tert-OH is 1. The van der Waals surface area contributed by atoms with Gasteiger partial charge in [0.15, 0.2) is 0 Å². The van der Waals surface area contributed by atoms with Crippen molar-refractivity contribution in [2.75, 3.05) is 13.2 Å². The first-order valence-corrected chi connectivity index (χ1v) is 6.23. The molecule has 0 bridgehead atoms. The molecule has 1 aromatic rings. The van der Waals surface area contributed by atoms with Crippen LogP contribution in [-0.2, 0) is 4.79 Å². The Morgan fingerprint density at radius 2 is 2.28 bits per heavy atom. The summed E-state index contributed by atoms with van der Waals surface area (Å²) in [5.74, 6) is -0.0665. The second-order valence-corrected chi connectivity index (χ2v) is 4.82. The number of rotatable bonds is 5. The van der Waals surface area contributed by atoms with E-state index in [-0.39, 0.29) is 18.4 Å². The second kappa shape index (κ2) is 7.19. The van der Waals surface area contributed by atoms with Gasteiger partial charge in [0.05, 0.1) is 0 Å². The van der Waals surface area contributed by atoms with E-state index in [0.717, 1.165) is 5.56 Å². The number of nitrogens with one attached hydrogen (secondary N) is 1. The van der Waals surface area contributed by atoms with E-state index in [1.165, 1.54) is 0 Å². The zero-order valence-corrected chi connectivity index (χ0v) is 11.4. The van der Waals surface area contributed by atoms with Crippen molar-refractivity contribution in [1.82, 2.24) is 5.32 Å². The predicted molar refractivity (Wildman–Crippen MR) is 74.4 cm³/mol. The van der Waals surface area contributed by atoms with Crippen LogP contribution in [-0.4, -0.2) is 24.2 Å². The van der Waals surface area contributed by atoms with Crippen LogP contribution in [0.15, 0.2) is 29.8 Å². The third-order valence-electron chi connectivity index (χ3n) is 2.51. The SMILES string of the molecule is C/C(=C\c1cccc(Cl)c1)C(=O)NCC(C)CO. The molecule has 0 saturated carbocycles. The van der Waals surface area contributed by atoms with Gasteiger partial charge >= 0.3 is 0 Å². The molecule has 18 heavy (non-hydrogen) atoms. The summed E-state index contributed by atoms with van der Waals surface area (Å²) in [5.41, 5.74) is 1.51. The van der Waals surface area contributed by atoms with Gasteiger partial charge in [-0.05, 0) is 36.6 Å². The maximum atomic E-state index is 11.8. The molecule has 1 unspecified atom stereocenters. The third kappa shape index (κ3) is 4.90. The maximum absolute atomic E-state index is 11.8. The van der Waals surface area contributed by atoms with Crippen LogP contribution in [0.25, 0.3) is 6.08 Å². The van der Waals surface area contributed by atoms with Crippen LogP contribution in [0, 0.1) is 5.92 Å². The summed E-state index contributed by atoms with van der Waals surface area (Å²) >= 11 is 5.87. The predicted octanol–water partition coefficient (Wildman–Crippen LogP) is 2.49. The first-order valence-electron chi connectivity index (χ1n) is 5.86. The molecule has 0 aliphatic rings. The van der Waals surface area contributed by atoms with Crippen LogP contribution in [0.4, 0.5) is 0 Å². The number of carbonyl (C=O) groups excluding carboxylic acids is 1. The number of aliphatic hydroxyl groups is 1. The van der Waals surface area contributed by atoms with Crippen molar-refractivity contribution in [2.24, 2.45) is 5.92 Å². The van der Waals surface area contributed by atoms with E-state index >= 15 is 0 Å². The van der Waals surface area contributed by atoms with Crippen molar-refractivity contribution in [3.8, 4) is 0 Å². The molecular formula is C14H18ClNO2. The average Bonchev–Trinajstić information content (AvgIpc) is 2.35. The lowest BCUT2D eigenvalue weighted by Gasteiger charge is -2.09. The zero-order chi connectivity index (χ0) is 13.5. The molecule has 1 aromatic carbocycles. The van der Waals surface area contributed by atoms with Crippen LogP contribution in [0.2, 0.25) is 5.02 Å². The standard InChI is InChI=1S/C14H18ClNO2/c1-10(9-17)8-16-14(18)11(2)6-12-4-3-5-13(15)7-12/h3-7,10,17H,8-9H2,1-2H3,(H,16,18)/b11-6+. The van der Waals surface area contributed by atoms with Gasteiger partial charge in [0.1, 0.15) is 0 Å². The van der Waals surface area contributed by atoms with E-state index < -0.39 is 0 Å². The quantitative estimate of drug-likeness (QED) is 0.806. The maximum Gasteiger partial charge on any atom is 0.246 e. The first-order chi connectivity index (χ1) is 8.52. The molecule has 1 atom stereocenters. The van der Waals surface area contributed by atoms with E-state index in [1.807, 2.05) is 19.1 Å². The van der Waals surface area contributed by atoms with Crippen molar-refractivity contribution in [2.45, 2.75) is 13.8 Å². The summed E-state index contributed by atoms with van der Waals surface area (Å²) in [6.07, 6.45) is 1.78. The molecule has 3 nitrogen and oxygen atoms in total. The summed E-state index contributed by atoms with van der Waals surface area (Å²) in [7, 11) is 0. The molecule has 2 N–H and O–H groups in total. The van der Waals surface area contributed by atoms with Gasteiger partial charge in [-0.1, -0.05) is 30.7 Å². The highest BCUT2D eigenvalue weighted by atomic mass is 35.5. The van der Waals surface area contributed by atoms with Crippen LogP contribution in [0.1, 0.15) is 19.4 Å². The van der Waals surface area contributed by atoms with Gasteiger partial charge in [0, 0.05) is 23.7 Å². The van der Waals surface area contributed by atoms with Crippen molar-refractivity contribution in [1.29, 1.82) is 0 Å². The number of hydrogen-bond acceptors (Lipinski definition) is 2. The van der Waals surface area contributed by atoms with Gasteiger partial charge in [-0.25, -0.2) is 0 Å². The van der Waals surface area contributed by atoms with Gasteiger partial charge in [-0.15, -0.1) is 0 Å². The molecule has 1 rings (SSSR count). The van der Waals surface area contributed by atoms with Gasteiger partial charge < -0.3 is 10.4 Å². The van der Waals surface area contributed by atoms with Crippen molar-refractivity contribution >= 4 is 23.6 Å². The fourth-order valence-corrected chi connectivity index (χ4v) is 1.58. The minimum absolute atomic E-state index is 0.0629. The molecule has 0 aliphatic heterocycles. The van der Waals surface area contributed by atoms with Gasteiger partial charge in [0.25, 0.3) is 0 Å². The van der Waals surface area contributed by atoms with Crippen molar-refractivity contribution in [3.05, 3.63) is 40.4 Å². The second-order valence-electron chi connectivity index (χ2n) is 4.38. The highest BCUT2D eigenvalue weighted by molar-refractivity contribution is 6.30. The minimum Gasteiger partial charge on any atom is -0.396 e. The van der Waals surface area contributed by atoms with Crippen molar-refractivity contribution in [3.63, 3.8) is 0 Å². The van der Waals surface area contributed by atoms with E-state index in [2.05, 4.69) is 5.32 Å². The minimum atomic E-state index is -0.129. The first kappa shape index (κ1) is 14.7. The lowest BCUT2D eigenvalue weighted by molar-refractivity contribution is -0.117. The molecule has 0 radical (unpaired) electrons. The van der Waals surface area contributed by atoms with E-state index in [0.29, 0.717) is 17.1 Å². The Morgan fingerprint density at radius 3 is 2.89 bits per heavy atom. The number of carbonyl (C=O) groups is 1. The average molecular weight is 268 g/mol. The van der Waals surface area contributed by atoms with Gasteiger partial charge in [0.2, 0.25) is 5.91 Å². The van der Waals surface area contributed by atoms with Crippen molar-refractivity contribution < 1.29 is 9.90 Å².